The Balaban J connectivity index is 0.00000102. The topological polar surface area (TPSA) is 70.3 Å². The van der Waals surface area contributed by atoms with Gasteiger partial charge in [-0.05, 0) is 48.5 Å². The van der Waals surface area contributed by atoms with Crippen LogP contribution in [0.1, 0.15) is 27.7 Å². The normalized spacial score (nSPS) is 8.73. The molecule has 5 N–H and O–H groups in total. The van der Waals surface area contributed by atoms with Crippen LogP contribution in [0, 0.1) is 0 Å². The van der Waals surface area contributed by atoms with Crippen LogP contribution in [0.4, 0.5) is 17.1 Å². The molecule has 0 bridgehead atoms. The van der Waals surface area contributed by atoms with E-state index in [4.69, 9.17) is 10.8 Å². The van der Waals surface area contributed by atoms with Crippen LogP contribution in [0.5, 0.6) is 5.75 Å². The number of hydrogen-bond donors (Lipinski definition) is 4. The van der Waals surface area contributed by atoms with Gasteiger partial charge in [-0.3, -0.25) is 0 Å². The number of hydrogen-bond acceptors (Lipinski definition) is 4. The van der Waals surface area contributed by atoms with Crippen LogP contribution in [-0.2, 0) is 0 Å². The minimum absolute atomic E-state index is 0.278. The van der Waals surface area contributed by atoms with Crippen molar-refractivity contribution in [3.05, 3.63) is 48.5 Å². The summed E-state index contributed by atoms with van der Waals surface area (Å²) >= 11 is 0. The molecule has 122 valence electrons. The van der Waals surface area contributed by atoms with Gasteiger partial charge in [-0.15, -0.1) is 0 Å². The molecule has 0 heterocycles. The maximum Gasteiger partial charge on any atom is 0.115 e. The van der Waals surface area contributed by atoms with Gasteiger partial charge >= 0.3 is 0 Å². The molecule has 0 amide bonds. The maximum atomic E-state index is 9.15. The zero-order valence-electron chi connectivity index (χ0n) is 14.1. The molecular weight excluding hydrogens is 274 g/mol. The number of rotatable bonds is 5. The van der Waals surface area contributed by atoms with Crippen molar-refractivity contribution in [1.29, 1.82) is 0 Å². The van der Waals surface area contributed by atoms with Gasteiger partial charge in [0.05, 0.1) is 0 Å². The second-order valence-corrected chi connectivity index (χ2v) is 4.02. The van der Waals surface area contributed by atoms with E-state index in [0.717, 1.165) is 30.2 Å². The fourth-order valence-corrected chi connectivity index (χ4v) is 1.59. The molecule has 2 rings (SSSR count). The Labute approximate surface area is 134 Å². The number of nitrogens with one attached hydrogen (secondary N) is 2. The standard InChI is InChI=1S/C14H17N3O.2C2H6/c15-11-1-3-12(4-2-11)16-9-10-17-13-5-7-14(18)8-6-13;2*1-2/h1-8,16-18H,9-10,15H2;2*1-2H3. The fourth-order valence-electron chi connectivity index (χ4n) is 1.59. The average Bonchev–Trinajstić information content (AvgIpc) is 2.58. The van der Waals surface area contributed by atoms with Crippen molar-refractivity contribution >= 4 is 17.1 Å². The van der Waals surface area contributed by atoms with Gasteiger partial charge in [-0.1, -0.05) is 27.7 Å². The molecule has 2 aromatic rings. The van der Waals surface area contributed by atoms with E-state index in [1.54, 1.807) is 12.1 Å². The van der Waals surface area contributed by atoms with Crippen molar-refractivity contribution < 1.29 is 5.11 Å². The quantitative estimate of drug-likeness (QED) is 0.371. The summed E-state index contributed by atoms with van der Waals surface area (Å²) in [5.41, 5.74) is 8.42. The summed E-state index contributed by atoms with van der Waals surface area (Å²) in [4.78, 5) is 0. The molecule has 2 aromatic carbocycles. The lowest BCUT2D eigenvalue weighted by Crippen LogP contribution is -2.13. The van der Waals surface area contributed by atoms with E-state index < -0.39 is 0 Å². The number of phenolic OH excluding ortho intramolecular Hbond substituents is 1. The van der Waals surface area contributed by atoms with Crippen LogP contribution < -0.4 is 16.4 Å². The lowest BCUT2D eigenvalue weighted by molar-refractivity contribution is 0.475. The third-order valence-corrected chi connectivity index (χ3v) is 2.56. The maximum absolute atomic E-state index is 9.15. The first kappa shape index (κ1) is 19.6. The Morgan fingerprint density at radius 1 is 0.727 bits per heavy atom. The molecule has 0 aliphatic carbocycles. The molecule has 0 saturated carbocycles. The minimum Gasteiger partial charge on any atom is -0.508 e. The third kappa shape index (κ3) is 8.04. The number of benzene rings is 2. The molecule has 0 spiro atoms. The van der Waals surface area contributed by atoms with Crippen molar-refractivity contribution in [3.63, 3.8) is 0 Å². The highest BCUT2D eigenvalue weighted by Gasteiger charge is 1.93. The largest absolute Gasteiger partial charge is 0.508 e. The molecule has 4 heteroatoms. The van der Waals surface area contributed by atoms with Crippen LogP contribution in [0.25, 0.3) is 0 Å². The van der Waals surface area contributed by atoms with Crippen molar-refractivity contribution in [3.8, 4) is 5.75 Å². The molecule has 0 aliphatic heterocycles. The van der Waals surface area contributed by atoms with Gasteiger partial charge in [0.25, 0.3) is 0 Å². The highest BCUT2D eigenvalue weighted by atomic mass is 16.3. The van der Waals surface area contributed by atoms with E-state index in [1.807, 2.05) is 64.1 Å². The van der Waals surface area contributed by atoms with E-state index in [9.17, 15) is 0 Å². The molecule has 0 unspecified atom stereocenters. The number of phenols is 1. The lowest BCUT2D eigenvalue weighted by atomic mass is 10.3. The second kappa shape index (κ2) is 12.4. The zero-order chi connectivity index (χ0) is 16.8. The first-order chi connectivity index (χ1) is 10.7. The number of nitrogens with two attached hydrogens (primary N) is 1. The molecule has 0 fully saturated rings. The van der Waals surface area contributed by atoms with Crippen LogP contribution in [0.15, 0.2) is 48.5 Å². The van der Waals surface area contributed by atoms with Gasteiger partial charge in [-0.25, -0.2) is 0 Å². The summed E-state index contributed by atoms with van der Waals surface area (Å²) in [6, 6.07) is 14.7. The lowest BCUT2D eigenvalue weighted by Gasteiger charge is -2.09. The summed E-state index contributed by atoms with van der Waals surface area (Å²) in [6.07, 6.45) is 0. The van der Waals surface area contributed by atoms with Gasteiger partial charge < -0.3 is 21.5 Å². The molecule has 0 aromatic heterocycles. The fraction of sp³-hybridized carbons (Fsp3) is 0.333. The zero-order valence-corrected chi connectivity index (χ0v) is 14.1. The Morgan fingerprint density at radius 3 is 1.50 bits per heavy atom. The number of aromatic hydroxyl groups is 1. The van der Waals surface area contributed by atoms with Crippen molar-refractivity contribution in [1.82, 2.24) is 0 Å². The van der Waals surface area contributed by atoms with Gasteiger partial charge in [0.2, 0.25) is 0 Å². The summed E-state index contributed by atoms with van der Waals surface area (Å²) < 4.78 is 0. The summed E-state index contributed by atoms with van der Waals surface area (Å²) in [5.74, 6) is 0.278. The average molecular weight is 303 g/mol. The summed E-state index contributed by atoms with van der Waals surface area (Å²) in [6.45, 7) is 9.61. The SMILES string of the molecule is CC.CC.Nc1ccc(NCCNc2ccc(O)cc2)cc1. The van der Waals surface area contributed by atoms with Crippen LogP contribution in [0.2, 0.25) is 0 Å². The van der Waals surface area contributed by atoms with Crippen molar-refractivity contribution in [2.24, 2.45) is 0 Å². The Bertz CT molecular complexity index is 433. The van der Waals surface area contributed by atoms with E-state index in [0.29, 0.717) is 0 Å². The van der Waals surface area contributed by atoms with E-state index in [-0.39, 0.29) is 5.75 Å². The van der Waals surface area contributed by atoms with Crippen molar-refractivity contribution in [2.75, 3.05) is 29.5 Å². The number of nitrogen functional groups attached to an aromatic ring is 1. The molecular formula is C18H29N3O. The summed E-state index contributed by atoms with van der Waals surface area (Å²) in [5, 5.41) is 15.7. The first-order valence-corrected chi connectivity index (χ1v) is 7.86. The van der Waals surface area contributed by atoms with Crippen LogP contribution in [-0.4, -0.2) is 18.2 Å². The predicted molar refractivity (Wildman–Crippen MR) is 98.6 cm³/mol. The predicted octanol–water partition coefficient (Wildman–Crippen LogP) is 4.55. The van der Waals surface area contributed by atoms with E-state index in [2.05, 4.69) is 10.6 Å². The Kier molecular flexibility index (Phi) is 11.1. The number of anilines is 3. The molecule has 0 radical (unpaired) electrons. The molecule has 4 nitrogen and oxygen atoms in total. The Morgan fingerprint density at radius 2 is 1.09 bits per heavy atom. The molecule has 0 atom stereocenters. The highest BCUT2D eigenvalue weighted by molar-refractivity contribution is 5.51. The van der Waals surface area contributed by atoms with Gasteiger partial charge in [0.15, 0.2) is 0 Å². The Hall–Kier alpha value is -2.36. The monoisotopic (exact) mass is 303 g/mol. The minimum atomic E-state index is 0.278. The van der Waals surface area contributed by atoms with E-state index in [1.165, 1.54) is 0 Å². The highest BCUT2D eigenvalue weighted by Crippen LogP contribution is 2.13. The smallest absolute Gasteiger partial charge is 0.115 e. The van der Waals surface area contributed by atoms with Gasteiger partial charge in [0, 0.05) is 30.2 Å². The molecule has 22 heavy (non-hydrogen) atoms. The van der Waals surface area contributed by atoms with Gasteiger partial charge in [0.1, 0.15) is 5.75 Å². The van der Waals surface area contributed by atoms with Gasteiger partial charge in [-0.2, -0.15) is 0 Å². The first-order valence-electron chi connectivity index (χ1n) is 7.86. The molecule has 0 aliphatic rings. The van der Waals surface area contributed by atoms with Crippen LogP contribution >= 0.6 is 0 Å². The van der Waals surface area contributed by atoms with Crippen molar-refractivity contribution in [2.45, 2.75) is 27.7 Å². The third-order valence-electron chi connectivity index (χ3n) is 2.56. The molecule has 0 saturated heterocycles. The summed E-state index contributed by atoms with van der Waals surface area (Å²) in [7, 11) is 0. The van der Waals surface area contributed by atoms with E-state index >= 15 is 0 Å². The second-order valence-electron chi connectivity index (χ2n) is 4.02. The van der Waals surface area contributed by atoms with Crippen LogP contribution in [0.3, 0.4) is 0 Å².